The summed E-state index contributed by atoms with van der Waals surface area (Å²) in [6.45, 7) is 0.899. The van der Waals surface area contributed by atoms with Crippen LogP contribution in [0.2, 0.25) is 0 Å². The van der Waals surface area contributed by atoms with Crippen molar-refractivity contribution in [2.24, 2.45) is 0 Å². The molecular weight excluding hydrogens is 214 g/mol. The standard InChI is InChI=1S/C9H13N3O2S/c13-15(14,7-8-3-1-4-10-8)9-11-5-2-6-12-9/h2,5-6,8,10H,1,3-4,7H2/t8-/m1/s1. The Morgan fingerprint density at radius 2 is 2.13 bits per heavy atom. The molecule has 0 radical (unpaired) electrons. The molecule has 5 nitrogen and oxygen atoms in total. The van der Waals surface area contributed by atoms with E-state index in [0.717, 1.165) is 19.4 Å². The minimum atomic E-state index is -3.33. The van der Waals surface area contributed by atoms with Crippen LogP contribution in [0.1, 0.15) is 12.8 Å². The molecule has 0 aliphatic carbocycles. The van der Waals surface area contributed by atoms with Gasteiger partial charge < -0.3 is 5.32 Å². The lowest BCUT2D eigenvalue weighted by Gasteiger charge is -2.09. The zero-order valence-electron chi connectivity index (χ0n) is 8.26. The molecule has 15 heavy (non-hydrogen) atoms. The molecule has 1 fully saturated rings. The van der Waals surface area contributed by atoms with Crippen molar-refractivity contribution in [3.8, 4) is 0 Å². The summed E-state index contributed by atoms with van der Waals surface area (Å²) in [5.74, 6) is 0.0943. The summed E-state index contributed by atoms with van der Waals surface area (Å²) in [4.78, 5) is 7.53. The zero-order chi connectivity index (χ0) is 10.7. The smallest absolute Gasteiger partial charge is 0.247 e. The van der Waals surface area contributed by atoms with Crippen molar-refractivity contribution in [2.75, 3.05) is 12.3 Å². The molecule has 2 heterocycles. The van der Waals surface area contributed by atoms with E-state index in [1.807, 2.05) is 0 Å². The highest BCUT2D eigenvalue weighted by molar-refractivity contribution is 7.91. The Morgan fingerprint density at radius 1 is 1.40 bits per heavy atom. The summed E-state index contributed by atoms with van der Waals surface area (Å²) < 4.78 is 23.6. The highest BCUT2D eigenvalue weighted by Gasteiger charge is 2.25. The largest absolute Gasteiger partial charge is 0.313 e. The van der Waals surface area contributed by atoms with Crippen molar-refractivity contribution in [1.29, 1.82) is 0 Å². The fourth-order valence-corrected chi connectivity index (χ4v) is 3.09. The lowest BCUT2D eigenvalue weighted by molar-refractivity contribution is 0.568. The summed E-state index contributed by atoms with van der Waals surface area (Å²) in [5, 5.41) is 3.08. The van der Waals surface area contributed by atoms with Gasteiger partial charge in [-0.25, -0.2) is 18.4 Å². The highest BCUT2D eigenvalue weighted by Crippen LogP contribution is 2.11. The first-order valence-electron chi connectivity index (χ1n) is 4.92. The van der Waals surface area contributed by atoms with Crippen molar-refractivity contribution >= 4 is 9.84 Å². The van der Waals surface area contributed by atoms with Crippen LogP contribution >= 0.6 is 0 Å². The first kappa shape index (κ1) is 10.5. The summed E-state index contributed by atoms with van der Waals surface area (Å²) >= 11 is 0. The Balaban J connectivity index is 2.13. The normalized spacial score (nSPS) is 21.7. The fourth-order valence-electron chi connectivity index (χ4n) is 1.68. The number of nitrogens with zero attached hydrogens (tertiary/aromatic N) is 2. The highest BCUT2D eigenvalue weighted by atomic mass is 32.2. The van der Waals surface area contributed by atoms with Gasteiger partial charge in [0.2, 0.25) is 15.0 Å². The van der Waals surface area contributed by atoms with Gasteiger partial charge in [0, 0.05) is 18.4 Å². The van der Waals surface area contributed by atoms with E-state index in [4.69, 9.17) is 0 Å². The van der Waals surface area contributed by atoms with Gasteiger partial charge >= 0.3 is 0 Å². The minimum absolute atomic E-state index is 0.0545. The summed E-state index contributed by atoms with van der Waals surface area (Å²) in [7, 11) is -3.33. The van der Waals surface area contributed by atoms with Gasteiger partial charge in [0.15, 0.2) is 0 Å². The maximum Gasteiger partial charge on any atom is 0.247 e. The predicted octanol–water partition coefficient (Wildman–Crippen LogP) is 0.00230. The van der Waals surface area contributed by atoms with E-state index < -0.39 is 9.84 Å². The molecule has 0 unspecified atom stereocenters. The van der Waals surface area contributed by atoms with Crippen LogP contribution in [-0.2, 0) is 9.84 Å². The first-order chi connectivity index (χ1) is 7.18. The molecule has 0 saturated carbocycles. The van der Waals surface area contributed by atoms with Gasteiger partial charge in [-0.3, -0.25) is 0 Å². The van der Waals surface area contributed by atoms with Gasteiger partial charge in [-0.1, -0.05) is 0 Å². The molecule has 0 amide bonds. The average Bonchev–Trinajstić information content (AvgIpc) is 2.71. The van der Waals surface area contributed by atoms with E-state index >= 15 is 0 Å². The molecule has 82 valence electrons. The Morgan fingerprint density at radius 3 is 2.73 bits per heavy atom. The van der Waals surface area contributed by atoms with Crippen molar-refractivity contribution in [2.45, 2.75) is 24.0 Å². The number of rotatable bonds is 3. The van der Waals surface area contributed by atoms with Crippen LogP contribution in [0.3, 0.4) is 0 Å². The molecule has 1 aromatic heterocycles. The average molecular weight is 227 g/mol. The van der Waals surface area contributed by atoms with Crippen LogP contribution in [0.5, 0.6) is 0 Å². The molecule has 1 aromatic rings. The fraction of sp³-hybridized carbons (Fsp3) is 0.556. The number of hydrogen-bond donors (Lipinski definition) is 1. The summed E-state index contributed by atoms with van der Waals surface area (Å²) in [6, 6.07) is 1.66. The second-order valence-electron chi connectivity index (χ2n) is 3.61. The van der Waals surface area contributed by atoms with Crippen LogP contribution in [-0.4, -0.2) is 36.7 Å². The molecule has 0 bridgehead atoms. The van der Waals surface area contributed by atoms with E-state index in [9.17, 15) is 8.42 Å². The maximum absolute atomic E-state index is 11.8. The van der Waals surface area contributed by atoms with Gasteiger partial charge in [0.1, 0.15) is 0 Å². The molecule has 2 rings (SSSR count). The molecule has 1 saturated heterocycles. The van der Waals surface area contributed by atoms with E-state index in [1.165, 1.54) is 12.4 Å². The monoisotopic (exact) mass is 227 g/mol. The van der Waals surface area contributed by atoms with Crippen LogP contribution in [0.4, 0.5) is 0 Å². The third-order valence-corrected chi connectivity index (χ3v) is 4.01. The summed E-state index contributed by atoms with van der Waals surface area (Å²) in [5.41, 5.74) is 0. The quantitative estimate of drug-likeness (QED) is 0.736. The summed E-state index contributed by atoms with van der Waals surface area (Å²) in [6.07, 6.45) is 4.84. The zero-order valence-corrected chi connectivity index (χ0v) is 9.07. The Labute approximate surface area is 88.9 Å². The first-order valence-corrected chi connectivity index (χ1v) is 6.57. The van der Waals surface area contributed by atoms with Gasteiger partial charge in [-0.15, -0.1) is 0 Å². The van der Waals surface area contributed by atoms with Crippen LogP contribution in [0.15, 0.2) is 23.6 Å². The third kappa shape index (κ3) is 2.51. The molecule has 1 aliphatic heterocycles. The van der Waals surface area contributed by atoms with Gasteiger partial charge in [0.25, 0.3) is 0 Å². The third-order valence-electron chi connectivity index (χ3n) is 2.40. The van der Waals surface area contributed by atoms with Crippen molar-refractivity contribution in [3.63, 3.8) is 0 Å². The van der Waals surface area contributed by atoms with Gasteiger partial charge in [-0.05, 0) is 25.5 Å². The molecule has 1 aliphatic rings. The lowest BCUT2D eigenvalue weighted by atomic mass is 10.3. The van der Waals surface area contributed by atoms with Gasteiger partial charge in [-0.2, -0.15) is 0 Å². The second-order valence-corrected chi connectivity index (χ2v) is 5.53. The van der Waals surface area contributed by atoms with Crippen molar-refractivity contribution in [3.05, 3.63) is 18.5 Å². The topological polar surface area (TPSA) is 72.0 Å². The predicted molar refractivity (Wildman–Crippen MR) is 55.1 cm³/mol. The molecule has 0 spiro atoms. The van der Waals surface area contributed by atoms with E-state index in [1.54, 1.807) is 6.07 Å². The number of nitrogens with one attached hydrogen (secondary N) is 1. The Kier molecular flexibility index (Phi) is 2.97. The Bertz CT molecular complexity index is 412. The molecule has 6 heteroatoms. The van der Waals surface area contributed by atoms with E-state index in [-0.39, 0.29) is 17.0 Å². The van der Waals surface area contributed by atoms with Crippen LogP contribution < -0.4 is 5.32 Å². The SMILES string of the molecule is O=S(=O)(C[C@H]1CCCN1)c1ncccn1. The molecule has 1 N–H and O–H groups in total. The van der Waals surface area contributed by atoms with Gasteiger partial charge in [0.05, 0.1) is 5.75 Å². The number of hydrogen-bond acceptors (Lipinski definition) is 5. The van der Waals surface area contributed by atoms with Crippen molar-refractivity contribution < 1.29 is 8.42 Å². The molecular formula is C9H13N3O2S. The number of sulfone groups is 1. The second kappa shape index (κ2) is 4.24. The van der Waals surface area contributed by atoms with E-state index in [0.29, 0.717) is 0 Å². The lowest BCUT2D eigenvalue weighted by Crippen LogP contribution is -2.30. The minimum Gasteiger partial charge on any atom is -0.313 e. The maximum atomic E-state index is 11.8. The Hall–Kier alpha value is -1.01. The van der Waals surface area contributed by atoms with Crippen LogP contribution in [0, 0.1) is 0 Å². The van der Waals surface area contributed by atoms with E-state index in [2.05, 4.69) is 15.3 Å². The van der Waals surface area contributed by atoms with Crippen LogP contribution in [0.25, 0.3) is 0 Å². The van der Waals surface area contributed by atoms with Crippen molar-refractivity contribution in [1.82, 2.24) is 15.3 Å². The molecule has 0 aromatic carbocycles. The number of aromatic nitrogens is 2. The molecule has 1 atom stereocenters.